The average Bonchev–Trinajstić information content (AvgIpc) is 2.66. The third-order valence-corrected chi connectivity index (χ3v) is 4.41. The molecule has 0 atom stereocenters. The zero-order valence-corrected chi connectivity index (χ0v) is 15.3. The van der Waals surface area contributed by atoms with Gasteiger partial charge in [-0.15, -0.1) is 0 Å². The summed E-state index contributed by atoms with van der Waals surface area (Å²) in [6, 6.07) is 10.5. The van der Waals surface area contributed by atoms with E-state index in [4.69, 9.17) is 0 Å². The van der Waals surface area contributed by atoms with E-state index in [2.05, 4.69) is 50.3 Å². The van der Waals surface area contributed by atoms with Gasteiger partial charge in [0, 0.05) is 33.1 Å². The smallest absolute Gasteiger partial charge is 0.305 e. The summed E-state index contributed by atoms with van der Waals surface area (Å²) >= 11 is 0. The highest BCUT2D eigenvalue weighted by molar-refractivity contribution is 5.80. The van der Waals surface area contributed by atoms with E-state index in [1.54, 1.807) is 0 Å². The monoisotopic (exact) mass is 343 g/mol. The maximum absolute atomic E-state index is 11.1. The van der Waals surface area contributed by atoms with E-state index < -0.39 is 0 Å². The lowest BCUT2D eigenvalue weighted by atomic mass is 10.0. The first kappa shape index (κ1) is 19.0. The van der Waals surface area contributed by atoms with Crippen molar-refractivity contribution in [2.45, 2.75) is 32.1 Å². The van der Waals surface area contributed by atoms with Crippen LogP contribution in [0, 0.1) is 0 Å². The van der Waals surface area contributed by atoms with Crippen LogP contribution in [0.2, 0.25) is 0 Å². The zero-order valence-electron chi connectivity index (χ0n) is 15.3. The number of methoxy groups -OCH3 is 1. The van der Waals surface area contributed by atoms with Crippen molar-refractivity contribution in [1.82, 2.24) is 10.2 Å². The maximum atomic E-state index is 11.1. The molecule has 0 radical (unpaired) electrons. The van der Waals surface area contributed by atoms with E-state index in [0.29, 0.717) is 6.42 Å². The lowest BCUT2D eigenvalue weighted by molar-refractivity contribution is -0.140. The highest BCUT2D eigenvalue weighted by Gasteiger charge is 2.16. The molecule has 5 heteroatoms. The number of guanidine groups is 1. The summed E-state index contributed by atoms with van der Waals surface area (Å²) in [7, 11) is 3.26. The van der Waals surface area contributed by atoms with Gasteiger partial charge in [-0.25, -0.2) is 0 Å². The van der Waals surface area contributed by atoms with E-state index in [-0.39, 0.29) is 5.97 Å². The Hall–Kier alpha value is -2.30. The molecule has 1 aromatic carbocycles. The van der Waals surface area contributed by atoms with Gasteiger partial charge >= 0.3 is 5.97 Å². The van der Waals surface area contributed by atoms with E-state index in [0.717, 1.165) is 51.3 Å². The van der Waals surface area contributed by atoms with E-state index in [1.165, 1.54) is 18.2 Å². The average molecular weight is 343 g/mol. The molecule has 1 aliphatic rings. The second-order valence-corrected chi connectivity index (χ2v) is 6.21. The molecule has 0 aliphatic carbocycles. The Morgan fingerprint density at radius 2 is 1.96 bits per heavy atom. The number of ether oxygens (including phenoxy) is 1. The van der Waals surface area contributed by atoms with Crippen molar-refractivity contribution >= 4 is 18.0 Å². The number of likely N-dealkylation sites (tertiary alicyclic amines) is 1. The fourth-order valence-corrected chi connectivity index (χ4v) is 2.96. The van der Waals surface area contributed by atoms with Crippen LogP contribution >= 0.6 is 0 Å². The summed E-state index contributed by atoms with van der Waals surface area (Å²) in [5.74, 6) is 0.815. The molecule has 136 valence electrons. The van der Waals surface area contributed by atoms with Crippen LogP contribution in [0.15, 0.2) is 40.9 Å². The van der Waals surface area contributed by atoms with Gasteiger partial charge in [-0.05, 0) is 31.2 Å². The highest BCUT2D eigenvalue weighted by Crippen LogP contribution is 2.19. The van der Waals surface area contributed by atoms with Gasteiger partial charge in [0.15, 0.2) is 5.96 Å². The summed E-state index contributed by atoms with van der Waals surface area (Å²) in [4.78, 5) is 17.8. The van der Waals surface area contributed by atoms with Gasteiger partial charge in [-0.2, -0.15) is 0 Å². The maximum Gasteiger partial charge on any atom is 0.305 e. The molecule has 1 aromatic rings. The lowest BCUT2D eigenvalue weighted by Gasteiger charge is -2.31. The molecule has 0 saturated carbocycles. The molecule has 0 spiro atoms. The normalized spacial score (nSPS) is 15.0. The molecule has 1 saturated heterocycles. The summed E-state index contributed by atoms with van der Waals surface area (Å²) in [6.07, 6.45) is 6.69. The number of aliphatic imine (C=N–C) groups is 1. The molecule has 0 aromatic heterocycles. The SMILES string of the molecule is CN=C(NCCCCC(=O)OC)N1CCC(=Cc2ccccc2)CC1. The zero-order chi connectivity index (χ0) is 17.9. The van der Waals surface area contributed by atoms with Crippen molar-refractivity contribution in [2.75, 3.05) is 33.8 Å². The molecule has 5 nitrogen and oxygen atoms in total. The number of hydrogen-bond acceptors (Lipinski definition) is 3. The molecule has 1 aliphatic heterocycles. The summed E-state index contributed by atoms with van der Waals surface area (Å²) < 4.78 is 4.65. The van der Waals surface area contributed by atoms with Crippen molar-refractivity contribution in [3.63, 3.8) is 0 Å². The Kier molecular flexibility index (Phi) is 8.02. The van der Waals surface area contributed by atoms with Gasteiger partial charge in [0.25, 0.3) is 0 Å². The number of carbonyl (C=O) groups excluding carboxylic acids is 1. The second-order valence-electron chi connectivity index (χ2n) is 6.21. The van der Waals surface area contributed by atoms with Crippen LogP contribution in [0.5, 0.6) is 0 Å². The molecular weight excluding hydrogens is 314 g/mol. The third kappa shape index (κ3) is 6.61. The van der Waals surface area contributed by atoms with Gasteiger partial charge in [-0.3, -0.25) is 9.79 Å². The first-order chi connectivity index (χ1) is 12.2. The quantitative estimate of drug-likeness (QED) is 0.373. The van der Waals surface area contributed by atoms with E-state index >= 15 is 0 Å². The van der Waals surface area contributed by atoms with Gasteiger partial charge < -0.3 is 15.0 Å². The Balaban J connectivity index is 1.72. The van der Waals surface area contributed by atoms with Crippen LogP contribution in [0.3, 0.4) is 0 Å². The van der Waals surface area contributed by atoms with Crippen LogP contribution in [0.1, 0.15) is 37.7 Å². The molecule has 2 rings (SSSR count). The lowest BCUT2D eigenvalue weighted by Crippen LogP contribution is -2.44. The number of benzene rings is 1. The molecule has 1 heterocycles. The Bertz CT molecular complexity index is 586. The number of rotatable bonds is 6. The van der Waals surface area contributed by atoms with Gasteiger partial charge in [0.05, 0.1) is 7.11 Å². The summed E-state index contributed by atoms with van der Waals surface area (Å²) in [6.45, 7) is 2.80. The van der Waals surface area contributed by atoms with E-state index in [9.17, 15) is 4.79 Å². The Labute approximate surface area is 150 Å². The first-order valence-electron chi connectivity index (χ1n) is 9.00. The standard InChI is InChI=1S/C20H29N3O2/c1-21-20(22-13-7-6-10-19(24)25-2)23-14-11-18(12-15-23)16-17-8-4-3-5-9-17/h3-5,8-9,16H,6-7,10-15H2,1-2H3,(H,21,22). The Morgan fingerprint density at radius 3 is 2.60 bits per heavy atom. The fourth-order valence-electron chi connectivity index (χ4n) is 2.96. The first-order valence-corrected chi connectivity index (χ1v) is 9.00. The second kappa shape index (κ2) is 10.5. The molecule has 25 heavy (non-hydrogen) atoms. The van der Waals surface area contributed by atoms with E-state index in [1.807, 2.05) is 13.1 Å². The predicted octanol–water partition coefficient (Wildman–Crippen LogP) is 3.08. The number of nitrogens with zero attached hydrogens (tertiary/aromatic N) is 2. The van der Waals surface area contributed by atoms with Crippen molar-refractivity contribution in [3.05, 3.63) is 41.5 Å². The largest absolute Gasteiger partial charge is 0.469 e. The van der Waals surface area contributed by atoms with Crippen molar-refractivity contribution in [3.8, 4) is 0 Å². The number of carbonyl (C=O) groups is 1. The van der Waals surface area contributed by atoms with Crippen molar-refractivity contribution in [2.24, 2.45) is 4.99 Å². The minimum Gasteiger partial charge on any atom is -0.469 e. The number of esters is 1. The van der Waals surface area contributed by atoms with Gasteiger partial charge in [0.1, 0.15) is 0 Å². The number of unbranched alkanes of at least 4 members (excludes halogenated alkanes) is 1. The van der Waals surface area contributed by atoms with Crippen LogP contribution in [-0.4, -0.2) is 50.6 Å². The van der Waals surface area contributed by atoms with Gasteiger partial charge in [0.2, 0.25) is 0 Å². The Morgan fingerprint density at radius 1 is 1.24 bits per heavy atom. The fraction of sp³-hybridized carbons (Fsp3) is 0.500. The third-order valence-electron chi connectivity index (χ3n) is 4.41. The molecule has 1 fully saturated rings. The van der Waals surface area contributed by atoms with Crippen LogP contribution in [0.4, 0.5) is 0 Å². The number of nitrogens with one attached hydrogen (secondary N) is 1. The van der Waals surface area contributed by atoms with Crippen molar-refractivity contribution in [1.29, 1.82) is 0 Å². The minimum atomic E-state index is -0.141. The predicted molar refractivity (Wildman–Crippen MR) is 102 cm³/mol. The van der Waals surface area contributed by atoms with Crippen LogP contribution < -0.4 is 5.32 Å². The van der Waals surface area contributed by atoms with Crippen molar-refractivity contribution < 1.29 is 9.53 Å². The number of hydrogen-bond donors (Lipinski definition) is 1. The minimum absolute atomic E-state index is 0.141. The van der Waals surface area contributed by atoms with Crippen LogP contribution in [0.25, 0.3) is 6.08 Å². The topological polar surface area (TPSA) is 53.9 Å². The molecule has 0 unspecified atom stereocenters. The highest BCUT2D eigenvalue weighted by atomic mass is 16.5. The molecule has 0 amide bonds. The molecule has 1 N–H and O–H groups in total. The molecular formula is C20H29N3O2. The summed E-state index contributed by atoms with van der Waals surface area (Å²) in [5, 5.41) is 3.40. The van der Waals surface area contributed by atoms with Gasteiger partial charge in [-0.1, -0.05) is 42.0 Å². The summed E-state index contributed by atoms with van der Waals surface area (Å²) in [5.41, 5.74) is 2.77. The number of piperidine rings is 1. The van der Waals surface area contributed by atoms with Crippen LogP contribution in [-0.2, 0) is 9.53 Å². The molecule has 0 bridgehead atoms.